The van der Waals surface area contributed by atoms with E-state index in [0.29, 0.717) is 13.2 Å². The number of carbonyl (C=O) groups is 1. The van der Waals surface area contributed by atoms with Crippen LogP contribution in [0.5, 0.6) is 0 Å². The average Bonchev–Trinajstić information content (AvgIpc) is 2.91. The van der Waals surface area contributed by atoms with E-state index in [1.807, 2.05) is 13.0 Å². The van der Waals surface area contributed by atoms with E-state index in [9.17, 15) is 9.90 Å². The van der Waals surface area contributed by atoms with E-state index in [4.69, 9.17) is 4.74 Å². The van der Waals surface area contributed by atoms with E-state index in [0.717, 1.165) is 42.4 Å². The highest BCUT2D eigenvalue weighted by molar-refractivity contribution is 5.83. The molecule has 0 aromatic carbocycles. The molecule has 3 aliphatic rings. The molecule has 0 unspecified atom stereocenters. The highest BCUT2D eigenvalue weighted by atomic mass is 16.5. The Bertz CT molecular complexity index is 511. The SMILES string of the molecule is CCOC(=O)/C=C1\CC[C@H]2[C@@H]3CC[C@H](C)[C@H](CCCO)[C@H]3CC[C@]12C. The van der Waals surface area contributed by atoms with Gasteiger partial charge in [-0.05, 0) is 86.9 Å². The fourth-order valence-electron chi connectivity index (χ4n) is 6.59. The first kappa shape index (κ1) is 18.9. The minimum absolute atomic E-state index is 0.153. The van der Waals surface area contributed by atoms with Gasteiger partial charge in [0.1, 0.15) is 0 Å². The monoisotopic (exact) mass is 348 g/mol. The topological polar surface area (TPSA) is 46.5 Å². The average molecular weight is 349 g/mol. The first-order chi connectivity index (χ1) is 12.0. The summed E-state index contributed by atoms with van der Waals surface area (Å²) >= 11 is 0. The maximum Gasteiger partial charge on any atom is 0.330 e. The molecule has 0 aliphatic heterocycles. The Labute approximate surface area is 153 Å². The minimum atomic E-state index is -0.153. The van der Waals surface area contributed by atoms with Crippen molar-refractivity contribution in [2.45, 2.75) is 72.1 Å². The van der Waals surface area contributed by atoms with Crippen LogP contribution in [0, 0.1) is 35.0 Å². The Morgan fingerprint density at radius 2 is 2.08 bits per heavy atom. The second-order valence-electron chi connectivity index (χ2n) is 8.93. The lowest BCUT2D eigenvalue weighted by molar-refractivity contribution is -0.137. The lowest BCUT2D eigenvalue weighted by Gasteiger charge is -2.53. The fraction of sp³-hybridized carbons (Fsp3) is 0.864. The van der Waals surface area contributed by atoms with Gasteiger partial charge in [0.05, 0.1) is 6.61 Å². The van der Waals surface area contributed by atoms with Crippen LogP contribution in [0.15, 0.2) is 11.6 Å². The quantitative estimate of drug-likeness (QED) is 0.577. The van der Waals surface area contributed by atoms with Crippen LogP contribution in [0.3, 0.4) is 0 Å². The van der Waals surface area contributed by atoms with Crippen LogP contribution in [0.4, 0.5) is 0 Å². The van der Waals surface area contributed by atoms with Crippen molar-refractivity contribution >= 4 is 5.97 Å². The van der Waals surface area contributed by atoms with E-state index in [2.05, 4.69) is 13.8 Å². The Balaban J connectivity index is 1.78. The lowest BCUT2D eigenvalue weighted by atomic mass is 9.51. The molecule has 0 amide bonds. The highest BCUT2D eigenvalue weighted by Gasteiger charge is 2.54. The summed E-state index contributed by atoms with van der Waals surface area (Å²) in [4.78, 5) is 12.0. The molecule has 0 spiro atoms. The molecule has 0 aromatic rings. The summed E-state index contributed by atoms with van der Waals surface area (Å²) in [6.45, 7) is 7.49. The van der Waals surface area contributed by atoms with Gasteiger partial charge in [0, 0.05) is 12.7 Å². The van der Waals surface area contributed by atoms with Crippen LogP contribution >= 0.6 is 0 Å². The zero-order valence-electron chi connectivity index (χ0n) is 16.3. The minimum Gasteiger partial charge on any atom is -0.463 e. The van der Waals surface area contributed by atoms with Crippen molar-refractivity contribution in [3.8, 4) is 0 Å². The smallest absolute Gasteiger partial charge is 0.330 e. The number of carbonyl (C=O) groups excluding carboxylic acids is 1. The highest BCUT2D eigenvalue weighted by Crippen LogP contribution is 2.63. The van der Waals surface area contributed by atoms with Gasteiger partial charge in [0.2, 0.25) is 0 Å². The number of allylic oxidation sites excluding steroid dienone is 1. The van der Waals surface area contributed by atoms with Crippen molar-refractivity contribution in [3.63, 3.8) is 0 Å². The predicted molar refractivity (Wildman–Crippen MR) is 100.0 cm³/mol. The standard InChI is InChI=1S/C22H36O3/c1-4-25-21(24)14-16-8-10-20-19-9-7-15(2)17(6-5-13-23)18(19)11-12-22(16,20)3/h14-15,17-20,23H,4-13H2,1-3H3/b16-14+/t15-,17-,18+,19+,20-,22+/m0/s1. The van der Waals surface area contributed by atoms with Crippen LogP contribution in [-0.4, -0.2) is 24.3 Å². The van der Waals surface area contributed by atoms with Gasteiger partial charge in [-0.15, -0.1) is 0 Å². The molecule has 25 heavy (non-hydrogen) atoms. The Hall–Kier alpha value is -0.830. The van der Waals surface area contributed by atoms with Crippen molar-refractivity contribution in [1.29, 1.82) is 0 Å². The molecule has 3 fully saturated rings. The number of aliphatic hydroxyl groups excluding tert-OH is 1. The van der Waals surface area contributed by atoms with E-state index in [1.54, 1.807) is 0 Å². The molecule has 0 saturated heterocycles. The molecule has 0 heterocycles. The Morgan fingerprint density at radius 1 is 1.28 bits per heavy atom. The van der Waals surface area contributed by atoms with Gasteiger partial charge in [-0.25, -0.2) is 4.79 Å². The predicted octanol–water partition coefficient (Wildman–Crippen LogP) is 4.74. The van der Waals surface area contributed by atoms with E-state index < -0.39 is 0 Å². The molecule has 0 aromatic heterocycles. The third-order valence-corrected chi connectivity index (χ3v) is 7.85. The summed E-state index contributed by atoms with van der Waals surface area (Å²) in [5, 5.41) is 9.28. The number of ether oxygens (including phenoxy) is 1. The largest absolute Gasteiger partial charge is 0.463 e. The van der Waals surface area contributed by atoms with Gasteiger partial charge in [0.15, 0.2) is 0 Å². The van der Waals surface area contributed by atoms with Crippen LogP contribution in [0.1, 0.15) is 72.1 Å². The second kappa shape index (κ2) is 7.82. The summed E-state index contributed by atoms with van der Waals surface area (Å²) < 4.78 is 5.17. The van der Waals surface area contributed by atoms with Crippen molar-refractivity contribution in [2.75, 3.05) is 13.2 Å². The zero-order valence-corrected chi connectivity index (χ0v) is 16.3. The van der Waals surface area contributed by atoms with Crippen LogP contribution in [0.25, 0.3) is 0 Å². The summed E-state index contributed by atoms with van der Waals surface area (Å²) in [5.41, 5.74) is 1.55. The Morgan fingerprint density at radius 3 is 2.80 bits per heavy atom. The molecular weight excluding hydrogens is 312 g/mol. The molecule has 3 saturated carbocycles. The summed E-state index contributed by atoms with van der Waals surface area (Å²) in [6.07, 6.45) is 11.5. The number of hydrogen-bond donors (Lipinski definition) is 1. The normalized spacial score (nSPS) is 42.1. The van der Waals surface area contributed by atoms with Gasteiger partial charge in [0.25, 0.3) is 0 Å². The first-order valence-corrected chi connectivity index (χ1v) is 10.5. The number of hydrogen-bond acceptors (Lipinski definition) is 3. The number of rotatable bonds is 5. The third-order valence-electron chi connectivity index (χ3n) is 7.85. The zero-order chi connectivity index (χ0) is 18.0. The summed E-state index contributed by atoms with van der Waals surface area (Å²) in [7, 11) is 0. The molecule has 3 heteroatoms. The van der Waals surface area contributed by atoms with Gasteiger partial charge in [-0.3, -0.25) is 0 Å². The van der Waals surface area contributed by atoms with Gasteiger partial charge < -0.3 is 9.84 Å². The number of fused-ring (bicyclic) bond motifs is 3. The molecule has 0 radical (unpaired) electrons. The maximum atomic E-state index is 12.0. The Kier molecular flexibility index (Phi) is 5.92. The van der Waals surface area contributed by atoms with Crippen molar-refractivity contribution in [1.82, 2.24) is 0 Å². The van der Waals surface area contributed by atoms with E-state index in [-0.39, 0.29) is 11.4 Å². The first-order valence-electron chi connectivity index (χ1n) is 10.5. The third kappa shape index (κ3) is 3.54. The van der Waals surface area contributed by atoms with Crippen molar-refractivity contribution in [2.24, 2.45) is 35.0 Å². The lowest BCUT2D eigenvalue weighted by Crippen LogP contribution is -2.45. The molecule has 3 aliphatic carbocycles. The van der Waals surface area contributed by atoms with Gasteiger partial charge >= 0.3 is 5.97 Å². The number of aliphatic hydroxyl groups is 1. The summed E-state index contributed by atoms with van der Waals surface area (Å²) in [6, 6.07) is 0. The maximum absolute atomic E-state index is 12.0. The van der Waals surface area contributed by atoms with Crippen LogP contribution in [-0.2, 0) is 9.53 Å². The summed E-state index contributed by atoms with van der Waals surface area (Å²) in [5.74, 6) is 3.80. The molecule has 6 atom stereocenters. The second-order valence-corrected chi connectivity index (χ2v) is 8.93. The molecule has 0 bridgehead atoms. The van der Waals surface area contributed by atoms with Crippen molar-refractivity contribution < 1.29 is 14.6 Å². The molecule has 1 N–H and O–H groups in total. The molecule has 142 valence electrons. The van der Waals surface area contributed by atoms with Crippen LogP contribution in [0.2, 0.25) is 0 Å². The van der Waals surface area contributed by atoms with Gasteiger partial charge in [-0.2, -0.15) is 0 Å². The van der Waals surface area contributed by atoms with Gasteiger partial charge in [-0.1, -0.05) is 25.8 Å². The van der Waals surface area contributed by atoms with E-state index >= 15 is 0 Å². The molecular formula is C22H36O3. The van der Waals surface area contributed by atoms with Crippen LogP contribution < -0.4 is 0 Å². The number of esters is 1. The molecule has 3 rings (SSSR count). The van der Waals surface area contributed by atoms with E-state index in [1.165, 1.54) is 44.1 Å². The molecule has 3 nitrogen and oxygen atoms in total. The fourth-order valence-corrected chi connectivity index (χ4v) is 6.59. The van der Waals surface area contributed by atoms with Crippen molar-refractivity contribution in [3.05, 3.63) is 11.6 Å².